The van der Waals surface area contributed by atoms with Gasteiger partial charge in [-0.15, -0.1) is 0 Å². The highest BCUT2D eigenvalue weighted by Crippen LogP contribution is 2.33. The number of rotatable bonds is 3. The molecule has 4 rings (SSSR count). The maximum Gasteiger partial charge on any atom is 0.416 e. The molecule has 0 fully saturated rings. The highest BCUT2D eigenvalue weighted by atomic mass is 19.4. The predicted molar refractivity (Wildman–Crippen MR) is 118 cm³/mol. The topological polar surface area (TPSA) is 49.4 Å². The molecule has 0 aromatic heterocycles. The van der Waals surface area contributed by atoms with Crippen LogP contribution < -0.4 is 10.2 Å². The Morgan fingerprint density at radius 3 is 2.34 bits per heavy atom. The standard InChI is InChI=1S/C25H21F3N2O2/c1-15-3-9-21(22(13-15)17-4-6-19(7-5-17)25(26,27)28)24(32)29-20-8-10-23-18(14-20)11-12-30(23)16(2)31/h3-10,13-14H,11-12H2,1-2H3,(H,29,32). The van der Waals surface area contributed by atoms with Gasteiger partial charge in [0.05, 0.1) is 5.56 Å². The number of hydrogen-bond acceptors (Lipinski definition) is 2. The molecular formula is C25H21F3N2O2. The van der Waals surface area contributed by atoms with Crippen LogP contribution in [0.15, 0.2) is 60.7 Å². The van der Waals surface area contributed by atoms with Crippen molar-refractivity contribution in [1.29, 1.82) is 0 Å². The van der Waals surface area contributed by atoms with Gasteiger partial charge in [-0.25, -0.2) is 0 Å². The molecule has 0 unspecified atom stereocenters. The van der Waals surface area contributed by atoms with Gasteiger partial charge < -0.3 is 10.2 Å². The number of nitrogens with one attached hydrogen (secondary N) is 1. The molecule has 1 N–H and O–H groups in total. The van der Waals surface area contributed by atoms with Crippen molar-refractivity contribution in [1.82, 2.24) is 0 Å². The first kappa shape index (κ1) is 21.6. The molecule has 0 radical (unpaired) electrons. The van der Waals surface area contributed by atoms with Gasteiger partial charge in [0, 0.05) is 30.4 Å². The lowest BCUT2D eigenvalue weighted by molar-refractivity contribution is -0.137. The number of nitrogens with zero attached hydrogens (tertiary/aromatic N) is 1. The van der Waals surface area contributed by atoms with Crippen molar-refractivity contribution >= 4 is 23.2 Å². The average Bonchev–Trinajstić information content (AvgIpc) is 3.16. The number of carbonyl (C=O) groups excluding carboxylic acids is 2. The molecule has 3 aromatic rings. The zero-order valence-electron chi connectivity index (χ0n) is 17.6. The third-order valence-electron chi connectivity index (χ3n) is 5.56. The largest absolute Gasteiger partial charge is 0.416 e. The van der Waals surface area contributed by atoms with Gasteiger partial charge in [0.1, 0.15) is 0 Å². The number of alkyl halides is 3. The second-order valence-electron chi connectivity index (χ2n) is 7.84. The van der Waals surface area contributed by atoms with Crippen LogP contribution in [0.1, 0.15) is 34.0 Å². The maximum absolute atomic E-state index is 13.1. The number of benzene rings is 3. The molecule has 2 amide bonds. The van der Waals surface area contributed by atoms with E-state index < -0.39 is 11.7 Å². The third-order valence-corrected chi connectivity index (χ3v) is 5.56. The smallest absolute Gasteiger partial charge is 0.322 e. The van der Waals surface area contributed by atoms with Gasteiger partial charge in [0.25, 0.3) is 5.91 Å². The Morgan fingerprint density at radius 2 is 1.69 bits per heavy atom. The second kappa shape index (κ2) is 8.15. The average molecular weight is 438 g/mol. The van der Waals surface area contributed by atoms with Crippen LogP contribution in [0.3, 0.4) is 0 Å². The molecule has 32 heavy (non-hydrogen) atoms. The van der Waals surface area contributed by atoms with E-state index in [1.807, 2.05) is 19.1 Å². The summed E-state index contributed by atoms with van der Waals surface area (Å²) in [7, 11) is 0. The number of hydrogen-bond donors (Lipinski definition) is 1. The zero-order chi connectivity index (χ0) is 23.0. The van der Waals surface area contributed by atoms with Crippen molar-refractivity contribution in [2.45, 2.75) is 26.4 Å². The molecule has 0 atom stereocenters. The summed E-state index contributed by atoms with van der Waals surface area (Å²) in [5.41, 5.74) is 4.01. The van der Waals surface area contributed by atoms with E-state index in [1.165, 1.54) is 19.1 Å². The monoisotopic (exact) mass is 438 g/mol. The first-order chi connectivity index (χ1) is 15.1. The summed E-state index contributed by atoms with van der Waals surface area (Å²) in [5, 5.41) is 2.87. The van der Waals surface area contributed by atoms with Gasteiger partial charge >= 0.3 is 6.18 Å². The molecule has 1 aliphatic rings. The van der Waals surface area contributed by atoms with Crippen LogP contribution >= 0.6 is 0 Å². The van der Waals surface area contributed by atoms with Crippen molar-refractivity contribution in [3.63, 3.8) is 0 Å². The van der Waals surface area contributed by atoms with Crippen LogP contribution in [0.2, 0.25) is 0 Å². The molecule has 0 bridgehead atoms. The summed E-state index contributed by atoms with van der Waals surface area (Å²) >= 11 is 0. The molecular weight excluding hydrogens is 417 g/mol. The number of aryl methyl sites for hydroxylation is 1. The quantitative estimate of drug-likeness (QED) is 0.558. The van der Waals surface area contributed by atoms with Crippen LogP contribution in [0.25, 0.3) is 11.1 Å². The number of halogens is 3. The first-order valence-electron chi connectivity index (χ1n) is 10.1. The van der Waals surface area contributed by atoms with Gasteiger partial charge in [-0.05, 0) is 66.4 Å². The van der Waals surface area contributed by atoms with Crippen LogP contribution in [0, 0.1) is 6.92 Å². The molecule has 1 aliphatic heterocycles. The molecule has 3 aromatic carbocycles. The first-order valence-corrected chi connectivity index (χ1v) is 10.1. The number of anilines is 2. The minimum atomic E-state index is -4.42. The summed E-state index contributed by atoms with van der Waals surface area (Å²) in [6.45, 7) is 3.99. The van der Waals surface area contributed by atoms with Crippen molar-refractivity contribution in [3.8, 4) is 11.1 Å². The van der Waals surface area contributed by atoms with E-state index in [2.05, 4.69) is 5.32 Å². The molecule has 0 saturated carbocycles. The maximum atomic E-state index is 13.1. The summed E-state index contributed by atoms with van der Waals surface area (Å²) in [6.07, 6.45) is -3.71. The Hall–Kier alpha value is -3.61. The molecule has 0 aliphatic carbocycles. The van der Waals surface area contributed by atoms with Crippen LogP contribution in [-0.4, -0.2) is 18.4 Å². The van der Waals surface area contributed by atoms with Crippen LogP contribution in [-0.2, 0) is 17.4 Å². The second-order valence-corrected chi connectivity index (χ2v) is 7.84. The fourth-order valence-corrected chi connectivity index (χ4v) is 3.94. The predicted octanol–water partition coefficient (Wildman–Crippen LogP) is 5.84. The van der Waals surface area contributed by atoms with E-state index in [4.69, 9.17) is 0 Å². The summed E-state index contributed by atoms with van der Waals surface area (Å²) < 4.78 is 38.7. The van der Waals surface area contributed by atoms with E-state index >= 15 is 0 Å². The lowest BCUT2D eigenvalue weighted by Crippen LogP contribution is -2.25. The lowest BCUT2D eigenvalue weighted by Gasteiger charge is -2.16. The van der Waals surface area contributed by atoms with Crippen molar-refractivity contribution < 1.29 is 22.8 Å². The molecule has 0 saturated heterocycles. The highest BCUT2D eigenvalue weighted by Gasteiger charge is 2.30. The number of amides is 2. The Bertz CT molecular complexity index is 1200. The molecule has 7 heteroatoms. The SMILES string of the molecule is CC(=O)N1CCc2cc(NC(=O)c3ccc(C)cc3-c3ccc(C(F)(F)F)cc3)ccc21. The normalized spacial score (nSPS) is 13.1. The minimum absolute atomic E-state index is 0.0265. The van der Waals surface area contributed by atoms with Gasteiger partial charge in [-0.1, -0.05) is 29.8 Å². The Morgan fingerprint density at radius 1 is 0.969 bits per heavy atom. The van der Waals surface area contributed by atoms with E-state index in [0.717, 1.165) is 28.9 Å². The van der Waals surface area contributed by atoms with Crippen molar-refractivity contribution in [3.05, 3.63) is 82.9 Å². The van der Waals surface area contributed by atoms with Crippen molar-refractivity contribution in [2.24, 2.45) is 0 Å². The van der Waals surface area contributed by atoms with Gasteiger partial charge in [-0.2, -0.15) is 13.2 Å². The van der Waals surface area contributed by atoms with E-state index in [0.29, 0.717) is 35.3 Å². The number of fused-ring (bicyclic) bond motifs is 1. The van der Waals surface area contributed by atoms with E-state index in [9.17, 15) is 22.8 Å². The Labute approximate surface area is 183 Å². The summed E-state index contributed by atoms with van der Waals surface area (Å²) in [5.74, 6) is -0.386. The van der Waals surface area contributed by atoms with Crippen LogP contribution in [0.5, 0.6) is 0 Å². The Kier molecular flexibility index (Phi) is 5.50. The molecule has 4 nitrogen and oxygen atoms in total. The fourth-order valence-electron chi connectivity index (χ4n) is 3.94. The van der Waals surface area contributed by atoms with Gasteiger partial charge in [0.15, 0.2) is 0 Å². The van der Waals surface area contributed by atoms with Gasteiger partial charge in [0.2, 0.25) is 5.91 Å². The Balaban J connectivity index is 1.62. The summed E-state index contributed by atoms with van der Waals surface area (Å²) in [4.78, 5) is 26.5. The molecule has 164 valence electrons. The van der Waals surface area contributed by atoms with E-state index in [1.54, 1.807) is 29.2 Å². The minimum Gasteiger partial charge on any atom is -0.322 e. The molecule has 1 heterocycles. The van der Waals surface area contributed by atoms with Crippen molar-refractivity contribution in [2.75, 3.05) is 16.8 Å². The highest BCUT2D eigenvalue weighted by molar-refractivity contribution is 6.09. The summed E-state index contributed by atoms with van der Waals surface area (Å²) in [6, 6.07) is 15.4. The van der Waals surface area contributed by atoms with Gasteiger partial charge in [-0.3, -0.25) is 9.59 Å². The molecule has 0 spiro atoms. The fraction of sp³-hybridized carbons (Fsp3) is 0.200. The third kappa shape index (κ3) is 4.23. The lowest BCUT2D eigenvalue weighted by atomic mass is 9.96. The number of carbonyl (C=O) groups is 2. The van der Waals surface area contributed by atoms with Crippen LogP contribution in [0.4, 0.5) is 24.5 Å². The zero-order valence-corrected chi connectivity index (χ0v) is 17.6. The van der Waals surface area contributed by atoms with E-state index in [-0.39, 0.29) is 11.8 Å².